The summed E-state index contributed by atoms with van der Waals surface area (Å²) in [5.41, 5.74) is 1.14. The zero-order valence-electron chi connectivity index (χ0n) is 12.1. The lowest BCUT2D eigenvalue weighted by atomic mass is 9.54. The highest BCUT2D eigenvalue weighted by molar-refractivity contribution is 5.54. The van der Waals surface area contributed by atoms with Crippen molar-refractivity contribution in [3.8, 4) is 11.4 Å². The van der Waals surface area contributed by atoms with Crippen LogP contribution in [0.4, 0.5) is 0 Å². The third kappa shape index (κ3) is 1.78. The van der Waals surface area contributed by atoms with Crippen molar-refractivity contribution in [1.82, 2.24) is 20.2 Å². The Morgan fingerprint density at radius 1 is 0.857 bits per heavy atom. The van der Waals surface area contributed by atoms with Gasteiger partial charge in [-0.1, -0.05) is 30.3 Å². The van der Waals surface area contributed by atoms with E-state index in [-0.39, 0.29) is 0 Å². The lowest BCUT2D eigenvalue weighted by Gasteiger charge is -2.54. The molecule has 0 saturated heterocycles. The predicted molar refractivity (Wildman–Crippen MR) is 79.3 cm³/mol. The minimum Gasteiger partial charge on any atom is -0.222 e. The zero-order chi connectivity index (χ0) is 13.8. The summed E-state index contributed by atoms with van der Waals surface area (Å²) in [5, 5.41) is 12.7. The molecule has 4 aliphatic carbocycles. The van der Waals surface area contributed by atoms with E-state index in [0.29, 0.717) is 6.04 Å². The number of hydrogen-bond acceptors (Lipinski definition) is 3. The molecule has 1 heterocycles. The van der Waals surface area contributed by atoms with Gasteiger partial charge in [-0.25, -0.2) is 4.68 Å². The zero-order valence-corrected chi connectivity index (χ0v) is 12.1. The third-order valence-corrected chi connectivity index (χ3v) is 5.98. The van der Waals surface area contributed by atoms with Crippen LogP contribution in [0, 0.1) is 23.7 Å². The molecule has 0 radical (unpaired) electrons. The Labute approximate surface area is 124 Å². The second-order valence-electron chi connectivity index (χ2n) is 7.23. The van der Waals surface area contributed by atoms with Crippen molar-refractivity contribution < 1.29 is 0 Å². The van der Waals surface area contributed by atoms with E-state index in [1.807, 2.05) is 6.07 Å². The van der Waals surface area contributed by atoms with Gasteiger partial charge in [0.05, 0.1) is 6.04 Å². The standard InChI is InChI=1S/C17H20N4/c1-2-4-13(5-3-1)17-18-19-20-21(17)16-14-7-11-6-12(9-14)10-15(16)8-11/h1-5,11-12,14-16H,6-10H2. The molecule has 0 amide bonds. The van der Waals surface area contributed by atoms with Crippen LogP contribution in [0.2, 0.25) is 0 Å². The molecule has 4 heteroatoms. The van der Waals surface area contributed by atoms with Crippen LogP contribution in [0.15, 0.2) is 30.3 Å². The van der Waals surface area contributed by atoms with Gasteiger partial charge < -0.3 is 0 Å². The molecule has 4 fully saturated rings. The van der Waals surface area contributed by atoms with Crippen LogP contribution in [0.3, 0.4) is 0 Å². The second kappa shape index (κ2) is 4.39. The summed E-state index contributed by atoms with van der Waals surface area (Å²) in [6, 6.07) is 10.9. The van der Waals surface area contributed by atoms with Gasteiger partial charge in [-0.15, -0.1) is 5.10 Å². The monoisotopic (exact) mass is 280 g/mol. The first-order chi connectivity index (χ1) is 10.4. The topological polar surface area (TPSA) is 43.6 Å². The first-order valence-corrected chi connectivity index (χ1v) is 8.22. The van der Waals surface area contributed by atoms with Gasteiger partial charge in [-0.3, -0.25) is 0 Å². The number of nitrogens with zero attached hydrogens (tertiary/aromatic N) is 4. The van der Waals surface area contributed by atoms with Gasteiger partial charge in [-0.2, -0.15) is 0 Å². The minimum absolute atomic E-state index is 0.531. The van der Waals surface area contributed by atoms with Crippen molar-refractivity contribution in [3.63, 3.8) is 0 Å². The molecule has 4 bridgehead atoms. The Morgan fingerprint density at radius 2 is 1.52 bits per heavy atom. The molecular formula is C17H20N4. The average molecular weight is 280 g/mol. The van der Waals surface area contributed by atoms with Gasteiger partial charge in [0.25, 0.3) is 0 Å². The number of aromatic nitrogens is 4. The molecule has 6 rings (SSSR count). The average Bonchev–Trinajstić information content (AvgIpc) is 2.96. The Morgan fingerprint density at radius 3 is 2.19 bits per heavy atom. The molecule has 4 aliphatic rings. The second-order valence-corrected chi connectivity index (χ2v) is 7.23. The van der Waals surface area contributed by atoms with E-state index in [2.05, 4.69) is 44.5 Å². The smallest absolute Gasteiger partial charge is 0.182 e. The van der Waals surface area contributed by atoms with Crippen molar-refractivity contribution in [2.45, 2.75) is 38.1 Å². The largest absolute Gasteiger partial charge is 0.222 e. The molecule has 4 saturated carbocycles. The Balaban J connectivity index is 1.56. The van der Waals surface area contributed by atoms with Crippen LogP contribution in [0.1, 0.15) is 38.1 Å². The van der Waals surface area contributed by atoms with Crippen LogP contribution in [-0.2, 0) is 0 Å². The van der Waals surface area contributed by atoms with Gasteiger partial charge in [0.15, 0.2) is 5.82 Å². The number of rotatable bonds is 2. The van der Waals surface area contributed by atoms with E-state index in [4.69, 9.17) is 0 Å². The molecule has 2 aromatic rings. The quantitative estimate of drug-likeness (QED) is 0.847. The first kappa shape index (κ1) is 11.9. The minimum atomic E-state index is 0.531. The Kier molecular flexibility index (Phi) is 2.49. The van der Waals surface area contributed by atoms with E-state index >= 15 is 0 Å². The van der Waals surface area contributed by atoms with Gasteiger partial charge >= 0.3 is 0 Å². The maximum atomic E-state index is 4.39. The number of benzene rings is 1. The molecule has 21 heavy (non-hydrogen) atoms. The van der Waals surface area contributed by atoms with Crippen molar-refractivity contribution in [1.29, 1.82) is 0 Å². The highest BCUT2D eigenvalue weighted by atomic mass is 15.6. The van der Waals surface area contributed by atoms with Crippen LogP contribution < -0.4 is 0 Å². The van der Waals surface area contributed by atoms with E-state index < -0.39 is 0 Å². The Bertz CT molecular complexity index is 620. The summed E-state index contributed by atoms with van der Waals surface area (Å²) in [4.78, 5) is 0. The molecular weight excluding hydrogens is 260 g/mol. The van der Waals surface area contributed by atoms with Crippen molar-refractivity contribution in [2.24, 2.45) is 23.7 Å². The van der Waals surface area contributed by atoms with E-state index in [9.17, 15) is 0 Å². The molecule has 0 unspecified atom stereocenters. The van der Waals surface area contributed by atoms with E-state index in [0.717, 1.165) is 35.1 Å². The Hall–Kier alpha value is -1.71. The first-order valence-electron chi connectivity index (χ1n) is 8.22. The fourth-order valence-corrected chi connectivity index (χ4v) is 5.47. The number of tetrazole rings is 1. The van der Waals surface area contributed by atoms with E-state index in [1.165, 1.54) is 32.1 Å². The van der Waals surface area contributed by atoms with Gasteiger partial charge in [0, 0.05) is 5.56 Å². The summed E-state index contributed by atoms with van der Waals surface area (Å²) < 4.78 is 2.16. The summed E-state index contributed by atoms with van der Waals surface area (Å²) in [5.74, 6) is 4.52. The SMILES string of the molecule is c1ccc(-c2nnnn2C2C3CC4CC(C3)CC2C4)cc1. The number of hydrogen-bond donors (Lipinski definition) is 0. The van der Waals surface area contributed by atoms with Crippen LogP contribution in [0.5, 0.6) is 0 Å². The van der Waals surface area contributed by atoms with Crippen LogP contribution in [0.25, 0.3) is 11.4 Å². The molecule has 108 valence electrons. The molecule has 4 nitrogen and oxygen atoms in total. The molecule has 1 aromatic carbocycles. The summed E-state index contributed by atoms with van der Waals surface area (Å²) >= 11 is 0. The van der Waals surface area contributed by atoms with E-state index in [1.54, 1.807) is 0 Å². The highest BCUT2D eigenvalue weighted by Gasteiger charge is 2.49. The molecule has 1 aromatic heterocycles. The van der Waals surface area contributed by atoms with Crippen molar-refractivity contribution in [3.05, 3.63) is 30.3 Å². The summed E-state index contributed by atoms with van der Waals surface area (Å²) in [6.45, 7) is 0. The van der Waals surface area contributed by atoms with Crippen LogP contribution in [-0.4, -0.2) is 20.2 Å². The van der Waals surface area contributed by atoms with Crippen molar-refractivity contribution >= 4 is 0 Å². The lowest BCUT2D eigenvalue weighted by Crippen LogP contribution is -2.46. The van der Waals surface area contributed by atoms with Crippen molar-refractivity contribution in [2.75, 3.05) is 0 Å². The lowest BCUT2D eigenvalue weighted by molar-refractivity contribution is -0.0336. The van der Waals surface area contributed by atoms with Gasteiger partial charge in [0.1, 0.15) is 0 Å². The maximum absolute atomic E-state index is 4.39. The molecule has 0 N–H and O–H groups in total. The normalized spacial score (nSPS) is 37.0. The molecule has 0 aliphatic heterocycles. The van der Waals surface area contributed by atoms with Crippen LogP contribution >= 0.6 is 0 Å². The maximum Gasteiger partial charge on any atom is 0.182 e. The fourth-order valence-electron chi connectivity index (χ4n) is 5.47. The van der Waals surface area contributed by atoms with Gasteiger partial charge in [-0.05, 0) is 66.2 Å². The molecule has 0 atom stereocenters. The molecule has 0 spiro atoms. The van der Waals surface area contributed by atoms with Gasteiger partial charge in [0.2, 0.25) is 0 Å². The highest BCUT2D eigenvalue weighted by Crippen LogP contribution is 2.58. The third-order valence-electron chi connectivity index (χ3n) is 5.98. The summed E-state index contributed by atoms with van der Waals surface area (Å²) in [7, 11) is 0. The fraction of sp³-hybridized carbons (Fsp3) is 0.588. The predicted octanol–water partition coefficient (Wildman–Crippen LogP) is 3.34. The summed E-state index contributed by atoms with van der Waals surface area (Å²) in [6.07, 6.45) is 7.07.